The second kappa shape index (κ2) is 5.90. The first-order valence-corrected chi connectivity index (χ1v) is 8.28. The van der Waals surface area contributed by atoms with Crippen LogP contribution < -0.4 is 0 Å². The number of rotatable bonds is 3. The fraction of sp³-hybridized carbons (Fsp3) is 0.765. The standard InChI is InChI=1S/C17H28N2O/c1-13-11-15-16(7-6-8-17(15)20)19(13)12-14(2)18-9-4-3-5-10-18/h11,14,17,20H,3-10,12H2,1-2H3. The van der Waals surface area contributed by atoms with E-state index in [4.69, 9.17) is 0 Å². The van der Waals surface area contributed by atoms with Gasteiger partial charge in [-0.2, -0.15) is 0 Å². The maximum Gasteiger partial charge on any atom is 0.0807 e. The van der Waals surface area contributed by atoms with E-state index >= 15 is 0 Å². The van der Waals surface area contributed by atoms with Gasteiger partial charge < -0.3 is 9.67 Å². The quantitative estimate of drug-likeness (QED) is 0.919. The Labute approximate surface area is 122 Å². The topological polar surface area (TPSA) is 28.4 Å². The second-order valence-corrected chi connectivity index (χ2v) is 6.65. The van der Waals surface area contributed by atoms with E-state index in [0.29, 0.717) is 6.04 Å². The summed E-state index contributed by atoms with van der Waals surface area (Å²) in [5.74, 6) is 0. The predicted octanol–water partition coefficient (Wildman–Crippen LogP) is 3.04. The number of piperidine rings is 1. The summed E-state index contributed by atoms with van der Waals surface area (Å²) in [6, 6.07) is 2.81. The summed E-state index contributed by atoms with van der Waals surface area (Å²) < 4.78 is 2.47. The van der Waals surface area contributed by atoms with Crippen LogP contribution in [-0.2, 0) is 13.0 Å². The number of aryl methyl sites for hydroxylation is 1. The monoisotopic (exact) mass is 276 g/mol. The van der Waals surface area contributed by atoms with E-state index in [1.165, 1.54) is 49.3 Å². The summed E-state index contributed by atoms with van der Waals surface area (Å²) in [7, 11) is 0. The number of aromatic nitrogens is 1. The molecular formula is C17H28N2O. The van der Waals surface area contributed by atoms with Gasteiger partial charge in [-0.3, -0.25) is 4.90 Å². The van der Waals surface area contributed by atoms with E-state index in [-0.39, 0.29) is 6.10 Å². The summed E-state index contributed by atoms with van der Waals surface area (Å²) in [6.45, 7) is 8.14. The first kappa shape index (κ1) is 14.2. The molecule has 2 atom stereocenters. The van der Waals surface area contributed by atoms with E-state index in [1.54, 1.807) is 0 Å². The molecule has 0 radical (unpaired) electrons. The van der Waals surface area contributed by atoms with Gasteiger partial charge in [-0.15, -0.1) is 0 Å². The van der Waals surface area contributed by atoms with Crippen LogP contribution in [0.3, 0.4) is 0 Å². The number of hydrogen-bond acceptors (Lipinski definition) is 2. The molecule has 0 spiro atoms. The lowest BCUT2D eigenvalue weighted by atomic mass is 9.95. The van der Waals surface area contributed by atoms with Crippen molar-refractivity contribution in [2.45, 2.75) is 71.1 Å². The molecule has 0 saturated carbocycles. The van der Waals surface area contributed by atoms with Crippen LogP contribution >= 0.6 is 0 Å². The van der Waals surface area contributed by atoms with E-state index in [1.807, 2.05) is 0 Å². The highest BCUT2D eigenvalue weighted by molar-refractivity contribution is 5.31. The van der Waals surface area contributed by atoms with Crippen molar-refractivity contribution in [2.24, 2.45) is 0 Å². The van der Waals surface area contributed by atoms with Crippen molar-refractivity contribution in [3.05, 3.63) is 23.0 Å². The highest BCUT2D eigenvalue weighted by atomic mass is 16.3. The minimum Gasteiger partial charge on any atom is -0.388 e. The van der Waals surface area contributed by atoms with Crippen molar-refractivity contribution < 1.29 is 5.11 Å². The van der Waals surface area contributed by atoms with Crippen molar-refractivity contribution in [3.8, 4) is 0 Å². The molecule has 1 N–H and O–H groups in total. The molecule has 3 rings (SSSR count). The molecule has 2 aliphatic rings. The third-order valence-corrected chi connectivity index (χ3v) is 5.16. The average Bonchev–Trinajstić information content (AvgIpc) is 2.78. The Morgan fingerprint density at radius 1 is 1.25 bits per heavy atom. The minimum atomic E-state index is -0.232. The minimum absolute atomic E-state index is 0.232. The molecule has 1 fully saturated rings. The van der Waals surface area contributed by atoms with Gasteiger partial charge >= 0.3 is 0 Å². The van der Waals surface area contributed by atoms with Crippen LogP contribution in [0.1, 0.15) is 62.1 Å². The lowest BCUT2D eigenvalue weighted by molar-refractivity contribution is 0.149. The highest BCUT2D eigenvalue weighted by Gasteiger charge is 2.25. The third-order valence-electron chi connectivity index (χ3n) is 5.16. The maximum atomic E-state index is 10.2. The fourth-order valence-corrected chi connectivity index (χ4v) is 3.93. The van der Waals surface area contributed by atoms with Crippen molar-refractivity contribution in [1.82, 2.24) is 9.47 Å². The van der Waals surface area contributed by atoms with Gasteiger partial charge in [0.2, 0.25) is 0 Å². The Morgan fingerprint density at radius 3 is 2.75 bits per heavy atom. The molecule has 20 heavy (non-hydrogen) atoms. The number of likely N-dealkylation sites (tertiary alicyclic amines) is 1. The van der Waals surface area contributed by atoms with Gasteiger partial charge in [0, 0.05) is 29.5 Å². The van der Waals surface area contributed by atoms with Gasteiger partial charge in [0.05, 0.1) is 6.10 Å². The Kier molecular flexibility index (Phi) is 4.18. The first-order valence-electron chi connectivity index (χ1n) is 8.28. The van der Waals surface area contributed by atoms with E-state index in [2.05, 4.69) is 29.4 Å². The van der Waals surface area contributed by atoms with Gasteiger partial charge in [-0.25, -0.2) is 0 Å². The molecule has 1 saturated heterocycles. The van der Waals surface area contributed by atoms with Crippen LogP contribution in [0.4, 0.5) is 0 Å². The molecule has 0 amide bonds. The summed E-state index contributed by atoms with van der Waals surface area (Å²) in [5, 5.41) is 10.2. The normalized spacial score (nSPS) is 25.4. The Bertz CT molecular complexity index is 460. The molecule has 2 heterocycles. The zero-order valence-corrected chi connectivity index (χ0v) is 12.9. The van der Waals surface area contributed by atoms with Crippen LogP contribution in [0.2, 0.25) is 0 Å². The number of hydrogen-bond donors (Lipinski definition) is 1. The Balaban J connectivity index is 1.76. The van der Waals surface area contributed by atoms with Crippen LogP contribution in [-0.4, -0.2) is 33.7 Å². The summed E-state index contributed by atoms with van der Waals surface area (Å²) >= 11 is 0. The highest BCUT2D eigenvalue weighted by Crippen LogP contribution is 2.32. The van der Waals surface area contributed by atoms with Crippen LogP contribution in [0, 0.1) is 6.92 Å². The average molecular weight is 276 g/mol. The molecule has 3 nitrogen and oxygen atoms in total. The summed E-state index contributed by atoms with van der Waals surface area (Å²) in [4.78, 5) is 2.63. The van der Waals surface area contributed by atoms with Crippen LogP contribution in [0.15, 0.2) is 6.07 Å². The molecule has 1 aromatic heterocycles. The summed E-state index contributed by atoms with van der Waals surface area (Å²) in [6.07, 6.45) is 7.05. The largest absolute Gasteiger partial charge is 0.388 e. The van der Waals surface area contributed by atoms with Gasteiger partial charge in [0.25, 0.3) is 0 Å². The molecular weight excluding hydrogens is 248 g/mol. The zero-order valence-electron chi connectivity index (χ0n) is 12.9. The Morgan fingerprint density at radius 2 is 2.00 bits per heavy atom. The third kappa shape index (κ3) is 2.66. The molecule has 1 aromatic rings. The number of fused-ring (bicyclic) bond motifs is 1. The van der Waals surface area contributed by atoms with E-state index < -0.39 is 0 Å². The van der Waals surface area contributed by atoms with Gasteiger partial charge in [-0.05, 0) is 65.1 Å². The van der Waals surface area contributed by atoms with Crippen molar-refractivity contribution in [2.75, 3.05) is 13.1 Å². The van der Waals surface area contributed by atoms with Crippen molar-refractivity contribution in [3.63, 3.8) is 0 Å². The van der Waals surface area contributed by atoms with Gasteiger partial charge in [0.15, 0.2) is 0 Å². The molecule has 112 valence electrons. The predicted molar refractivity (Wildman–Crippen MR) is 82.0 cm³/mol. The van der Waals surface area contributed by atoms with Gasteiger partial charge in [-0.1, -0.05) is 6.42 Å². The Hall–Kier alpha value is -0.800. The first-order chi connectivity index (χ1) is 9.66. The molecule has 3 heteroatoms. The van der Waals surface area contributed by atoms with E-state index in [0.717, 1.165) is 25.8 Å². The van der Waals surface area contributed by atoms with Gasteiger partial charge in [0.1, 0.15) is 0 Å². The molecule has 0 aromatic carbocycles. The molecule has 0 bridgehead atoms. The SMILES string of the molecule is Cc1cc2c(n1CC(C)N1CCCCC1)CCCC2O. The smallest absolute Gasteiger partial charge is 0.0807 e. The number of aliphatic hydroxyl groups excluding tert-OH is 1. The fourth-order valence-electron chi connectivity index (χ4n) is 3.93. The van der Waals surface area contributed by atoms with Crippen molar-refractivity contribution in [1.29, 1.82) is 0 Å². The molecule has 1 aliphatic heterocycles. The number of aliphatic hydroxyl groups is 1. The van der Waals surface area contributed by atoms with Crippen molar-refractivity contribution >= 4 is 0 Å². The lowest BCUT2D eigenvalue weighted by Crippen LogP contribution is -2.40. The zero-order chi connectivity index (χ0) is 14.1. The summed E-state index contributed by atoms with van der Waals surface area (Å²) in [5.41, 5.74) is 3.91. The van der Waals surface area contributed by atoms with E-state index in [9.17, 15) is 5.11 Å². The molecule has 2 unspecified atom stereocenters. The van der Waals surface area contributed by atoms with Crippen LogP contribution in [0.5, 0.6) is 0 Å². The lowest BCUT2D eigenvalue weighted by Gasteiger charge is -2.33. The second-order valence-electron chi connectivity index (χ2n) is 6.65. The van der Waals surface area contributed by atoms with Crippen LogP contribution in [0.25, 0.3) is 0 Å². The molecule has 1 aliphatic carbocycles. The maximum absolute atomic E-state index is 10.2. The number of nitrogens with zero attached hydrogens (tertiary/aromatic N) is 2.